The number of hydrogen-bond donors (Lipinski definition) is 1. The van der Waals surface area contributed by atoms with Gasteiger partial charge in [-0.25, -0.2) is 0 Å². The van der Waals surface area contributed by atoms with Gasteiger partial charge in [0.05, 0.1) is 17.6 Å². The topological polar surface area (TPSA) is 79.5 Å². The van der Waals surface area contributed by atoms with E-state index in [1.54, 1.807) is 0 Å². The number of pyridine rings is 1. The molecule has 0 atom stereocenters. The van der Waals surface area contributed by atoms with Gasteiger partial charge >= 0.3 is 0 Å². The molecule has 3 rings (SSSR count). The molecule has 2 aromatic rings. The first-order chi connectivity index (χ1) is 11.5. The standard InChI is InChI=1S/C18H22N4O2/c1-13-6-7-14-4-2-5-15(17(14)20-13)18(24)22-9-3-8-21(10-11-22)12-16(19)23/h2,4-7H,3,8-12H2,1H3,(H2,19,23). The van der Waals surface area contributed by atoms with Crippen LogP contribution in [-0.2, 0) is 4.79 Å². The molecule has 2 N–H and O–H groups in total. The van der Waals surface area contributed by atoms with E-state index in [0.717, 1.165) is 29.6 Å². The molecule has 1 aromatic carbocycles. The van der Waals surface area contributed by atoms with Crippen LogP contribution in [0.5, 0.6) is 0 Å². The maximum absolute atomic E-state index is 13.0. The number of rotatable bonds is 3. The molecule has 0 saturated carbocycles. The molecule has 0 spiro atoms. The van der Waals surface area contributed by atoms with E-state index >= 15 is 0 Å². The minimum Gasteiger partial charge on any atom is -0.369 e. The van der Waals surface area contributed by atoms with E-state index in [-0.39, 0.29) is 18.4 Å². The lowest BCUT2D eigenvalue weighted by molar-refractivity contribution is -0.119. The van der Waals surface area contributed by atoms with Gasteiger partial charge in [-0.15, -0.1) is 0 Å². The number of amides is 2. The number of hydrogen-bond acceptors (Lipinski definition) is 4. The van der Waals surface area contributed by atoms with Crippen molar-refractivity contribution in [1.82, 2.24) is 14.8 Å². The summed E-state index contributed by atoms with van der Waals surface area (Å²) in [6, 6.07) is 9.64. The molecule has 1 saturated heterocycles. The van der Waals surface area contributed by atoms with Crippen molar-refractivity contribution in [3.63, 3.8) is 0 Å². The third-order valence-corrected chi connectivity index (χ3v) is 4.35. The van der Waals surface area contributed by atoms with E-state index in [1.807, 2.05) is 47.1 Å². The summed E-state index contributed by atoms with van der Waals surface area (Å²) >= 11 is 0. The van der Waals surface area contributed by atoms with E-state index < -0.39 is 0 Å². The van der Waals surface area contributed by atoms with Crippen molar-refractivity contribution >= 4 is 22.7 Å². The number of nitrogens with two attached hydrogens (primary N) is 1. The minimum atomic E-state index is -0.330. The number of aromatic nitrogens is 1. The Kier molecular flexibility index (Phi) is 4.76. The number of para-hydroxylation sites is 1. The van der Waals surface area contributed by atoms with E-state index in [4.69, 9.17) is 5.73 Å². The number of benzene rings is 1. The predicted octanol–water partition coefficient (Wildman–Crippen LogP) is 1.18. The molecular formula is C18H22N4O2. The molecule has 0 unspecified atom stereocenters. The smallest absolute Gasteiger partial charge is 0.256 e. The van der Waals surface area contributed by atoms with Gasteiger partial charge in [0, 0.05) is 37.3 Å². The molecule has 2 amide bonds. The summed E-state index contributed by atoms with van der Waals surface area (Å²) < 4.78 is 0. The Morgan fingerprint density at radius 3 is 2.75 bits per heavy atom. The van der Waals surface area contributed by atoms with Gasteiger partial charge < -0.3 is 10.6 Å². The normalized spacial score (nSPS) is 16.1. The summed E-state index contributed by atoms with van der Waals surface area (Å²) in [7, 11) is 0. The predicted molar refractivity (Wildman–Crippen MR) is 92.6 cm³/mol. The Morgan fingerprint density at radius 2 is 1.96 bits per heavy atom. The first-order valence-corrected chi connectivity index (χ1v) is 8.21. The molecule has 0 aliphatic carbocycles. The van der Waals surface area contributed by atoms with Crippen LogP contribution in [0.3, 0.4) is 0 Å². The van der Waals surface area contributed by atoms with Crippen molar-refractivity contribution in [2.75, 3.05) is 32.7 Å². The van der Waals surface area contributed by atoms with E-state index in [2.05, 4.69) is 4.98 Å². The fourth-order valence-electron chi connectivity index (χ4n) is 3.14. The number of nitrogens with zero attached hydrogens (tertiary/aromatic N) is 3. The molecule has 6 heteroatoms. The first-order valence-electron chi connectivity index (χ1n) is 8.21. The van der Waals surface area contributed by atoms with Crippen LogP contribution in [0.1, 0.15) is 22.5 Å². The summed E-state index contributed by atoms with van der Waals surface area (Å²) in [4.78, 5) is 32.5. The maximum Gasteiger partial charge on any atom is 0.256 e. The van der Waals surface area contributed by atoms with Crippen molar-refractivity contribution in [1.29, 1.82) is 0 Å². The van der Waals surface area contributed by atoms with Crippen molar-refractivity contribution in [3.8, 4) is 0 Å². The molecule has 24 heavy (non-hydrogen) atoms. The summed E-state index contributed by atoms with van der Waals surface area (Å²) in [5.41, 5.74) is 7.55. The van der Waals surface area contributed by atoms with Crippen molar-refractivity contribution in [2.24, 2.45) is 5.73 Å². The van der Waals surface area contributed by atoms with Crippen LogP contribution in [0, 0.1) is 6.92 Å². The Balaban J connectivity index is 1.82. The number of fused-ring (bicyclic) bond motifs is 1. The van der Waals surface area contributed by atoms with Crippen LogP contribution in [0.2, 0.25) is 0 Å². The second-order valence-corrected chi connectivity index (χ2v) is 6.22. The van der Waals surface area contributed by atoms with E-state index in [9.17, 15) is 9.59 Å². The molecule has 1 aliphatic heterocycles. The lowest BCUT2D eigenvalue weighted by Crippen LogP contribution is -2.38. The number of primary amides is 1. The first kappa shape index (κ1) is 16.4. The molecule has 0 radical (unpaired) electrons. The Morgan fingerprint density at radius 1 is 1.12 bits per heavy atom. The van der Waals surface area contributed by atoms with Crippen LogP contribution in [0.4, 0.5) is 0 Å². The summed E-state index contributed by atoms with van der Waals surface area (Å²) in [6.45, 7) is 4.88. The Labute approximate surface area is 141 Å². The minimum absolute atomic E-state index is 0.000347. The molecule has 1 aromatic heterocycles. The second kappa shape index (κ2) is 6.97. The Bertz CT molecular complexity index is 775. The molecule has 1 fully saturated rings. The number of aryl methyl sites for hydroxylation is 1. The summed E-state index contributed by atoms with van der Waals surface area (Å²) in [5.74, 6) is -0.330. The van der Waals surface area contributed by atoms with Gasteiger partial charge in [-0.05, 0) is 25.5 Å². The summed E-state index contributed by atoms with van der Waals surface area (Å²) in [5, 5.41) is 0.969. The molecule has 0 bridgehead atoms. The van der Waals surface area contributed by atoms with Crippen LogP contribution >= 0.6 is 0 Å². The third-order valence-electron chi connectivity index (χ3n) is 4.35. The lowest BCUT2D eigenvalue weighted by atomic mass is 10.1. The van der Waals surface area contributed by atoms with Gasteiger partial charge in [-0.3, -0.25) is 19.5 Å². The monoisotopic (exact) mass is 326 g/mol. The van der Waals surface area contributed by atoms with Crippen molar-refractivity contribution in [2.45, 2.75) is 13.3 Å². The molecule has 2 heterocycles. The number of carbonyl (C=O) groups is 2. The van der Waals surface area contributed by atoms with Crippen LogP contribution in [0.25, 0.3) is 10.9 Å². The lowest BCUT2D eigenvalue weighted by Gasteiger charge is -2.22. The molecule has 1 aliphatic rings. The largest absolute Gasteiger partial charge is 0.369 e. The SMILES string of the molecule is Cc1ccc2cccc(C(=O)N3CCCN(CC(N)=O)CC3)c2n1. The van der Waals surface area contributed by atoms with Gasteiger partial charge in [0.1, 0.15) is 0 Å². The zero-order valence-corrected chi connectivity index (χ0v) is 13.9. The summed E-state index contributed by atoms with van der Waals surface area (Å²) in [6.07, 6.45) is 0.830. The van der Waals surface area contributed by atoms with Gasteiger partial charge in [-0.2, -0.15) is 0 Å². The number of carbonyl (C=O) groups excluding carboxylic acids is 2. The van der Waals surface area contributed by atoms with E-state index in [1.165, 1.54) is 0 Å². The fourth-order valence-corrected chi connectivity index (χ4v) is 3.14. The van der Waals surface area contributed by atoms with Gasteiger partial charge in [0.25, 0.3) is 5.91 Å². The van der Waals surface area contributed by atoms with Crippen LogP contribution < -0.4 is 5.73 Å². The van der Waals surface area contributed by atoms with Crippen LogP contribution in [-0.4, -0.2) is 59.3 Å². The molecule has 6 nitrogen and oxygen atoms in total. The fraction of sp³-hybridized carbons (Fsp3) is 0.389. The highest BCUT2D eigenvalue weighted by Crippen LogP contribution is 2.19. The van der Waals surface area contributed by atoms with E-state index in [0.29, 0.717) is 25.2 Å². The zero-order chi connectivity index (χ0) is 17.1. The Hall–Kier alpha value is -2.47. The molecular weight excluding hydrogens is 304 g/mol. The van der Waals surface area contributed by atoms with Gasteiger partial charge in [0.15, 0.2) is 0 Å². The highest BCUT2D eigenvalue weighted by molar-refractivity contribution is 6.05. The average molecular weight is 326 g/mol. The van der Waals surface area contributed by atoms with Crippen molar-refractivity contribution < 1.29 is 9.59 Å². The zero-order valence-electron chi connectivity index (χ0n) is 13.9. The van der Waals surface area contributed by atoms with Crippen LogP contribution in [0.15, 0.2) is 30.3 Å². The highest BCUT2D eigenvalue weighted by Gasteiger charge is 2.22. The maximum atomic E-state index is 13.0. The highest BCUT2D eigenvalue weighted by atomic mass is 16.2. The third kappa shape index (κ3) is 3.54. The molecule has 126 valence electrons. The average Bonchev–Trinajstić information content (AvgIpc) is 2.78. The van der Waals surface area contributed by atoms with Gasteiger partial charge in [0.2, 0.25) is 5.91 Å². The van der Waals surface area contributed by atoms with Crippen molar-refractivity contribution in [3.05, 3.63) is 41.6 Å². The second-order valence-electron chi connectivity index (χ2n) is 6.22. The quantitative estimate of drug-likeness (QED) is 0.918. The van der Waals surface area contributed by atoms with Gasteiger partial charge in [-0.1, -0.05) is 18.2 Å².